The lowest BCUT2D eigenvalue weighted by Gasteiger charge is -2.23. The van der Waals surface area contributed by atoms with Gasteiger partial charge >= 0.3 is 0 Å². The highest BCUT2D eigenvalue weighted by atomic mass is 16.2. The summed E-state index contributed by atoms with van der Waals surface area (Å²) in [6.07, 6.45) is 1.27. The summed E-state index contributed by atoms with van der Waals surface area (Å²) in [5.74, 6) is -0.746. The van der Waals surface area contributed by atoms with Gasteiger partial charge in [-0.25, -0.2) is 0 Å². The number of rotatable bonds is 5. The van der Waals surface area contributed by atoms with Crippen LogP contribution in [0.5, 0.6) is 0 Å². The smallest absolute Gasteiger partial charge is 0.250 e. The summed E-state index contributed by atoms with van der Waals surface area (Å²) >= 11 is 0. The summed E-state index contributed by atoms with van der Waals surface area (Å²) in [6, 6.07) is 13.1. The van der Waals surface area contributed by atoms with Gasteiger partial charge in [0.05, 0.1) is 6.54 Å². The third-order valence-electron chi connectivity index (χ3n) is 3.52. The van der Waals surface area contributed by atoms with Crippen molar-refractivity contribution >= 4 is 17.5 Å². The van der Waals surface area contributed by atoms with E-state index in [1.807, 2.05) is 44.2 Å². The van der Waals surface area contributed by atoms with Crippen LogP contribution in [-0.2, 0) is 11.3 Å². The van der Waals surface area contributed by atoms with Gasteiger partial charge in [0.2, 0.25) is 5.91 Å². The Morgan fingerprint density at radius 3 is 2.48 bits per heavy atom. The van der Waals surface area contributed by atoms with Crippen molar-refractivity contribution in [2.24, 2.45) is 5.73 Å². The number of aryl methyl sites for hydroxylation is 2. The first-order valence-corrected chi connectivity index (χ1v) is 7.31. The Morgan fingerprint density at radius 2 is 1.87 bits per heavy atom. The number of nitrogens with two attached hydrogens (primary N) is 1. The Kier molecular flexibility index (Phi) is 4.96. The molecule has 0 spiro atoms. The van der Waals surface area contributed by atoms with Crippen molar-refractivity contribution in [3.8, 4) is 0 Å². The molecule has 0 aromatic heterocycles. The number of primary amides is 1. The summed E-state index contributed by atoms with van der Waals surface area (Å²) in [5, 5.41) is 0. The fraction of sp³-hybridized carbons (Fsp3) is 0.158. The van der Waals surface area contributed by atoms with Crippen molar-refractivity contribution in [1.82, 2.24) is 0 Å². The third-order valence-corrected chi connectivity index (χ3v) is 3.52. The molecule has 2 aromatic rings. The fourth-order valence-electron chi connectivity index (χ4n) is 2.46. The average molecular weight is 308 g/mol. The molecule has 0 aliphatic heterocycles. The molecule has 0 fully saturated rings. The second-order valence-corrected chi connectivity index (χ2v) is 5.54. The molecule has 23 heavy (non-hydrogen) atoms. The number of nitrogens with zero attached hydrogens (tertiary/aromatic N) is 1. The standard InChI is InChI=1S/C19H20N2O2/c1-4-18(22)21(12-15-7-5-6-13(2)8-15)17-10-14(3)9-16(11-17)19(20)23/h4-11H,1,12H2,2-3H3,(H2,20,23). The molecule has 0 radical (unpaired) electrons. The predicted octanol–water partition coefficient (Wildman–Crippen LogP) is 3.12. The maximum absolute atomic E-state index is 12.3. The monoisotopic (exact) mass is 308 g/mol. The molecule has 2 N–H and O–H groups in total. The van der Waals surface area contributed by atoms with Crippen molar-refractivity contribution in [3.63, 3.8) is 0 Å². The molecule has 4 heteroatoms. The number of anilines is 1. The minimum atomic E-state index is -0.517. The number of amides is 2. The lowest BCUT2D eigenvalue weighted by atomic mass is 10.1. The Labute approximate surface area is 136 Å². The van der Waals surface area contributed by atoms with E-state index in [0.29, 0.717) is 17.8 Å². The van der Waals surface area contributed by atoms with Crippen LogP contribution in [0.15, 0.2) is 55.1 Å². The Bertz CT molecular complexity index is 766. The van der Waals surface area contributed by atoms with Gasteiger partial charge in [-0.3, -0.25) is 9.59 Å². The molecule has 118 valence electrons. The number of benzene rings is 2. The lowest BCUT2D eigenvalue weighted by molar-refractivity contribution is -0.114. The maximum Gasteiger partial charge on any atom is 0.250 e. The predicted molar refractivity (Wildman–Crippen MR) is 92.3 cm³/mol. The van der Waals surface area contributed by atoms with Crippen molar-refractivity contribution < 1.29 is 9.59 Å². The third kappa shape index (κ3) is 4.07. The van der Waals surface area contributed by atoms with Crippen LogP contribution in [0.3, 0.4) is 0 Å². The van der Waals surface area contributed by atoms with E-state index in [1.165, 1.54) is 6.08 Å². The maximum atomic E-state index is 12.3. The number of hydrogen-bond donors (Lipinski definition) is 1. The highest BCUT2D eigenvalue weighted by Gasteiger charge is 2.16. The van der Waals surface area contributed by atoms with Gasteiger partial charge in [0, 0.05) is 11.3 Å². The van der Waals surface area contributed by atoms with Gasteiger partial charge in [0.25, 0.3) is 5.91 Å². The normalized spacial score (nSPS) is 10.2. The second-order valence-electron chi connectivity index (χ2n) is 5.54. The van der Waals surface area contributed by atoms with Crippen molar-refractivity contribution in [2.45, 2.75) is 20.4 Å². The average Bonchev–Trinajstić information content (AvgIpc) is 2.51. The van der Waals surface area contributed by atoms with E-state index in [4.69, 9.17) is 5.73 Å². The van der Waals surface area contributed by atoms with Crippen molar-refractivity contribution in [3.05, 3.63) is 77.4 Å². The van der Waals surface area contributed by atoms with Gasteiger partial charge in [0.15, 0.2) is 0 Å². The SMILES string of the molecule is C=CC(=O)N(Cc1cccc(C)c1)c1cc(C)cc(C(N)=O)c1. The van der Waals surface area contributed by atoms with Crippen LogP contribution in [0.2, 0.25) is 0 Å². The van der Waals surface area contributed by atoms with E-state index in [1.54, 1.807) is 17.0 Å². The van der Waals surface area contributed by atoms with E-state index >= 15 is 0 Å². The molecule has 0 saturated heterocycles. The van der Waals surface area contributed by atoms with Crippen molar-refractivity contribution in [1.29, 1.82) is 0 Å². The van der Waals surface area contributed by atoms with Crippen LogP contribution in [-0.4, -0.2) is 11.8 Å². The summed E-state index contributed by atoms with van der Waals surface area (Å²) in [5.41, 5.74) is 9.37. The molecule has 2 rings (SSSR count). The van der Waals surface area contributed by atoms with Gasteiger partial charge in [-0.15, -0.1) is 0 Å². The van der Waals surface area contributed by atoms with Crippen LogP contribution >= 0.6 is 0 Å². The van der Waals surface area contributed by atoms with E-state index in [-0.39, 0.29) is 5.91 Å². The summed E-state index contributed by atoms with van der Waals surface area (Å²) < 4.78 is 0. The molecule has 0 saturated carbocycles. The molecule has 0 aliphatic carbocycles. The Balaban J connectivity index is 2.45. The zero-order valence-corrected chi connectivity index (χ0v) is 13.4. The number of carbonyl (C=O) groups is 2. The Hall–Kier alpha value is -2.88. The zero-order chi connectivity index (χ0) is 17.0. The van der Waals surface area contributed by atoms with Crippen LogP contribution in [0, 0.1) is 13.8 Å². The summed E-state index contributed by atoms with van der Waals surface area (Å²) in [7, 11) is 0. The lowest BCUT2D eigenvalue weighted by Crippen LogP contribution is -2.29. The molecular formula is C19H20N2O2. The molecular weight excluding hydrogens is 288 g/mol. The van der Waals surface area contributed by atoms with E-state index in [9.17, 15) is 9.59 Å². The van der Waals surface area contributed by atoms with Crippen molar-refractivity contribution in [2.75, 3.05) is 4.90 Å². The molecule has 0 heterocycles. The first kappa shape index (κ1) is 16.5. The fourth-order valence-corrected chi connectivity index (χ4v) is 2.46. The van der Waals surface area contributed by atoms with E-state index < -0.39 is 5.91 Å². The van der Waals surface area contributed by atoms with Gasteiger partial charge in [-0.05, 0) is 49.2 Å². The van der Waals surface area contributed by atoms with Gasteiger partial charge in [-0.2, -0.15) is 0 Å². The first-order chi connectivity index (χ1) is 10.9. The summed E-state index contributed by atoms with van der Waals surface area (Å²) in [6.45, 7) is 7.82. The van der Waals surface area contributed by atoms with Gasteiger partial charge in [-0.1, -0.05) is 36.4 Å². The molecule has 0 aliphatic rings. The van der Waals surface area contributed by atoms with E-state index in [2.05, 4.69) is 6.58 Å². The molecule has 0 unspecified atom stereocenters. The second kappa shape index (κ2) is 6.92. The highest BCUT2D eigenvalue weighted by molar-refractivity contribution is 6.02. The van der Waals surface area contributed by atoms with Gasteiger partial charge < -0.3 is 10.6 Å². The van der Waals surface area contributed by atoms with E-state index in [0.717, 1.165) is 16.7 Å². The highest BCUT2D eigenvalue weighted by Crippen LogP contribution is 2.22. The zero-order valence-electron chi connectivity index (χ0n) is 13.4. The van der Waals surface area contributed by atoms with Crippen LogP contribution in [0.4, 0.5) is 5.69 Å². The number of carbonyl (C=O) groups excluding carboxylic acids is 2. The number of hydrogen-bond acceptors (Lipinski definition) is 2. The van der Waals surface area contributed by atoms with Crippen LogP contribution in [0.25, 0.3) is 0 Å². The molecule has 0 atom stereocenters. The van der Waals surface area contributed by atoms with Crippen LogP contribution < -0.4 is 10.6 Å². The van der Waals surface area contributed by atoms with Gasteiger partial charge in [0.1, 0.15) is 0 Å². The largest absolute Gasteiger partial charge is 0.366 e. The molecule has 4 nitrogen and oxygen atoms in total. The first-order valence-electron chi connectivity index (χ1n) is 7.31. The molecule has 2 amide bonds. The topological polar surface area (TPSA) is 63.4 Å². The molecule has 2 aromatic carbocycles. The quantitative estimate of drug-likeness (QED) is 0.863. The minimum absolute atomic E-state index is 0.229. The van der Waals surface area contributed by atoms with Crippen LogP contribution in [0.1, 0.15) is 27.0 Å². The summed E-state index contributed by atoms with van der Waals surface area (Å²) in [4.78, 5) is 25.3. The molecule has 0 bridgehead atoms. The Morgan fingerprint density at radius 1 is 1.13 bits per heavy atom. The minimum Gasteiger partial charge on any atom is -0.366 e.